The summed E-state index contributed by atoms with van der Waals surface area (Å²) in [5.74, 6) is 1.17. The van der Waals surface area contributed by atoms with Crippen molar-refractivity contribution in [2.24, 2.45) is 0 Å². The Morgan fingerprint density at radius 3 is 2.85 bits per heavy atom. The van der Waals surface area contributed by atoms with Crippen molar-refractivity contribution in [2.75, 3.05) is 5.75 Å². The van der Waals surface area contributed by atoms with Gasteiger partial charge in [-0.15, -0.1) is 11.8 Å². The summed E-state index contributed by atoms with van der Waals surface area (Å²) in [5, 5.41) is 1.13. The maximum atomic E-state index is 4.46. The van der Waals surface area contributed by atoms with Gasteiger partial charge in [0.15, 0.2) is 0 Å². The van der Waals surface area contributed by atoms with Crippen molar-refractivity contribution < 1.29 is 0 Å². The van der Waals surface area contributed by atoms with Crippen molar-refractivity contribution in [1.82, 2.24) is 4.98 Å². The van der Waals surface area contributed by atoms with Crippen LogP contribution in [0, 0.1) is 6.92 Å². The van der Waals surface area contributed by atoms with Crippen molar-refractivity contribution in [1.29, 1.82) is 0 Å². The molecule has 13 heavy (non-hydrogen) atoms. The van der Waals surface area contributed by atoms with Gasteiger partial charge in [-0.05, 0) is 47.2 Å². The third-order valence-electron chi connectivity index (χ3n) is 1.74. The second-order valence-corrected chi connectivity index (χ2v) is 4.89. The first-order chi connectivity index (χ1) is 6.24. The first-order valence-electron chi connectivity index (χ1n) is 4.50. The fourth-order valence-corrected chi connectivity index (χ4v) is 2.15. The van der Waals surface area contributed by atoms with E-state index in [0.717, 1.165) is 15.2 Å². The molecule has 0 saturated heterocycles. The highest BCUT2D eigenvalue weighted by Crippen LogP contribution is 2.21. The highest BCUT2D eigenvalue weighted by Gasteiger charge is 1.98. The number of nitrogens with zero attached hydrogens (tertiary/aromatic N) is 1. The van der Waals surface area contributed by atoms with Crippen LogP contribution in [0.4, 0.5) is 0 Å². The zero-order chi connectivity index (χ0) is 9.68. The number of pyridine rings is 1. The van der Waals surface area contributed by atoms with Gasteiger partial charge in [0.2, 0.25) is 0 Å². The SMILES string of the molecule is CCCCSc1ccc(Br)c(C)n1. The van der Waals surface area contributed by atoms with Gasteiger partial charge in [-0.1, -0.05) is 13.3 Å². The summed E-state index contributed by atoms with van der Waals surface area (Å²) in [6.45, 7) is 4.23. The monoisotopic (exact) mass is 259 g/mol. The van der Waals surface area contributed by atoms with E-state index in [1.54, 1.807) is 0 Å². The number of aromatic nitrogens is 1. The minimum atomic E-state index is 1.07. The number of thioether (sulfide) groups is 1. The van der Waals surface area contributed by atoms with Crippen LogP contribution < -0.4 is 0 Å². The second-order valence-electron chi connectivity index (χ2n) is 2.92. The Labute approximate surface area is 92.5 Å². The van der Waals surface area contributed by atoms with E-state index >= 15 is 0 Å². The second kappa shape index (κ2) is 5.66. The van der Waals surface area contributed by atoms with E-state index in [2.05, 4.69) is 40.0 Å². The summed E-state index contributed by atoms with van der Waals surface area (Å²) in [4.78, 5) is 4.46. The van der Waals surface area contributed by atoms with E-state index in [-0.39, 0.29) is 0 Å². The Morgan fingerprint density at radius 1 is 1.46 bits per heavy atom. The van der Waals surface area contributed by atoms with Gasteiger partial charge in [0.05, 0.1) is 10.7 Å². The summed E-state index contributed by atoms with van der Waals surface area (Å²) in [6, 6.07) is 4.13. The van der Waals surface area contributed by atoms with Gasteiger partial charge in [0.25, 0.3) is 0 Å². The quantitative estimate of drug-likeness (QED) is 0.598. The molecule has 0 N–H and O–H groups in total. The van der Waals surface area contributed by atoms with E-state index < -0.39 is 0 Å². The smallest absolute Gasteiger partial charge is 0.0963 e. The van der Waals surface area contributed by atoms with E-state index in [1.165, 1.54) is 18.6 Å². The molecule has 0 unspecified atom stereocenters. The van der Waals surface area contributed by atoms with Crippen LogP contribution in [0.3, 0.4) is 0 Å². The Balaban J connectivity index is 2.53. The molecule has 0 amide bonds. The lowest BCUT2D eigenvalue weighted by Crippen LogP contribution is -1.87. The zero-order valence-corrected chi connectivity index (χ0v) is 10.4. The van der Waals surface area contributed by atoms with E-state index in [4.69, 9.17) is 0 Å². The van der Waals surface area contributed by atoms with Gasteiger partial charge in [-0.2, -0.15) is 0 Å². The maximum Gasteiger partial charge on any atom is 0.0963 e. The molecule has 1 aromatic rings. The lowest BCUT2D eigenvalue weighted by molar-refractivity contribution is 0.894. The Morgan fingerprint density at radius 2 is 2.23 bits per heavy atom. The molecule has 0 aliphatic heterocycles. The topological polar surface area (TPSA) is 12.9 Å². The number of aryl methyl sites for hydroxylation is 1. The van der Waals surface area contributed by atoms with Gasteiger partial charge in [0, 0.05) is 4.47 Å². The third-order valence-corrected chi connectivity index (χ3v) is 3.60. The number of unbranched alkanes of at least 4 members (excludes halogenated alkanes) is 1. The van der Waals surface area contributed by atoms with Gasteiger partial charge >= 0.3 is 0 Å². The van der Waals surface area contributed by atoms with Crippen molar-refractivity contribution in [3.8, 4) is 0 Å². The lowest BCUT2D eigenvalue weighted by Gasteiger charge is -2.02. The van der Waals surface area contributed by atoms with Gasteiger partial charge < -0.3 is 0 Å². The van der Waals surface area contributed by atoms with Crippen LogP contribution in [-0.2, 0) is 0 Å². The van der Waals surface area contributed by atoms with E-state index in [1.807, 2.05) is 18.7 Å². The van der Waals surface area contributed by atoms with Gasteiger partial charge in [0.1, 0.15) is 0 Å². The van der Waals surface area contributed by atoms with Crippen LogP contribution in [0.1, 0.15) is 25.5 Å². The zero-order valence-electron chi connectivity index (χ0n) is 8.01. The Bertz CT molecular complexity index is 276. The highest BCUT2D eigenvalue weighted by molar-refractivity contribution is 9.10. The van der Waals surface area contributed by atoms with Crippen LogP contribution in [0.2, 0.25) is 0 Å². The molecule has 0 atom stereocenters. The highest BCUT2D eigenvalue weighted by atomic mass is 79.9. The first-order valence-corrected chi connectivity index (χ1v) is 6.28. The molecule has 0 fully saturated rings. The van der Waals surface area contributed by atoms with E-state index in [0.29, 0.717) is 0 Å². The Kier molecular flexibility index (Phi) is 4.81. The number of rotatable bonds is 4. The fraction of sp³-hybridized carbons (Fsp3) is 0.500. The van der Waals surface area contributed by atoms with Crippen molar-refractivity contribution in [2.45, 2.75) is 31.7 Å². The predicted molar refractivity (Wildman–Crippen MR) is 62.3 cm³/mol. The van der Waals surface area contributed by atoms with E-state index in [9.17, 15) is 0 Å². The predicted octanol–water partition coefficient (Wildman–Crippen LogP) is 4.04. The first kappa shape index (κ1) is 11.1. The van der Waals surface area contributed by atoms with Gasteiger partial charge in [-0.3, -0.25) is 0 Å². The summed E-state index contributed by atoms with van der Waals surface area (Å²) >= 11 is 5.28. The molecular formula is C10H14BrNS. The average molecular weight is 260 g/mol. The molecule has 0 saturated carbocycles. The van der Waals surface area contributed by atoms with Crippen LogP contribution in [0.5, 0.6) is 0 Å². The summed E-state index contributed by atoms with van der Waals surface area (Å²) in [7, 11) is 0. The average Bonchev–Trinajstić information content (AvgIpc) is 2.12. The molecule has 3 heteroatoms. The molecule has 1 heterocycles. The molecule has 1 aromatic heterocycles. The molecular weight excluding hydrogens is 246 g/mol. The molecule has 0 radical (unpaired) electrons. The molecule has 0 aliphatic rings. The summed E-state index contributed by atoms with van der Waals surface area (Å²) in [6.07, 6.45) is 2.52. The molecule has 0 bridgehead atoms. The third kappa shape index (κ3) is 3.69. The number of halogens is 1. The minimum Gasteiger partial charge on any atom is -0.246 e. The van der Waals surface area contributed by atoms with Crippen molar-refractivity contribution in [3.63, 3.8) is 0 Å². The molecule has 1 rings (SSSR count). The van der Waals surface area contributed by atoms with Gasteiger partial charge in [-0.25, -0.2) is 4.98 Å². The van der Waals surface area contributed by atoms with Crippen molar-refractivity contribution in [3.05, 3.63) is 22.3 Å². The maximum absolute atomic E-state index is 4.46. The summed E-state index contributed by atoms with van der Waals surface area (Å²) in [5.41, 5.74) is 1.07. The van der Waals surface area contributed by atoms with Crippen molar-refractivity contribution >= 4 is 27.7 Å². The Hall–Kier alpha value is -0.0200. The normalized spacial score (nSPS) is 10.4. The standard InChI is InChI=1S/C10H14BrNS/c1-3-4-7-13-10-6-5-9(11)8(2)12-10/h5-6H,3-4,7H2,1-2H3. The molecule has 0 spiro atoms. The minimum absolute atomic E-state index is 1.07. The van der Waals surface area contributed by atoms with Crippen LogP contribution in [0.15, 0.2) is 21.6 Å². The molecule has 1 nitrogen and oxygen atoms in total. The van der Waals surface area contributed by atoms with Crippen LogP contribution in [-0.4, -0.2) is 10.7 Å². The van der Waals surface area contributed by atoms with Crippen LogP contribution >= 0.6 is 27.7 Å². The molecule has 72 valence electrons. The molecule has 0 aliphatic carbocycles. The molecule has 0 aromatic carbocycles. The number of hydrogen-bond acceptors (Lipinski definition) is 2. The lowest BCUT2D eigenvalue weighted by atomic mass is 10.4. The number of hydrogen-bond donors (Lipinski definition) is 0. The largest absolute Gasteiger partial charge is 0.246 e. The fourth-order valence-electron chi connectivity index (χ4n) is 0.922. The summed E-state index contributed by atoms with van der Waals surface area (Å²) < 4.78 is 1.09. The van der Waals surface area contributed by atoms with Crippen LogP contribution in [0.25, 0.3) is 0 Å².